The minimum atomic E-state index is -0.719. The third-order valence-electron chi connectivity index (χ3n) is 2.91. The number of pyridine rings is 1. The minimum Gasteiger partial charge on any atom is -0.398 e. The molecule has 0 spiro atoms. The Hall–Kier alpha value is -1.87. The molecule has 2 aromatic rings. The average molecular weight is 228 g/mol. The number of aryl methyl sites for hydroxylation is 2. The van der Waals surface area contributed by atoms with Gasteiger partial charge in [-0.05, 0) is 31.0 Å². The average Bonchev–Trinajstić information content (AvgIpc) is 2.32. The van der Waals surface area contributed by atoms with Crippen molar-refractivity contribution in [1.29, 1.82) is 0 Å². The molecule has 1 unspecified atom stereocenters. The number of aliphatic hydroxyl groups is 1. The molecule has 0 aliphatic rings. The van der Waals surface area contributed by atoms with Crippen molar-refractivity contribution < 1.29 is 5.11 Å². The number of nitrogen functional groups attached to an aromatic ring is 1. The molecule has 88 valence electrons. The van der Waals surface area contributed by atoms with Gasteiger partial charge in [-0.2, -0.15) is 0 Å². The second kappa shape index (κ2) is 4.55. The van der Waals surface area contributed by atoms with E-state index in [0.717, 1.165) is 16.7 Å². The lowest BCUT2D eigenvalue weighted by Crippen LogP contribution is -2.06. The largest absolute Gasteiger partial charge is 0.398 e. The van der Waals surface area contributed by atoms with Gasteiger partial charge in [-0.3, -0.25) is 4.98 Å². The zero-order chi connectivity index (χ0) is 12.4. The van der Waals surface area contributed by atoms with Crippen LogP contribution in [0.15, 0.2) is 36.7 Å². The molecule has 0 fully saturated rings. The van der Waals surface area contributed by atoms with E-state index in [-0.39, 0.29) is 0 Å². The van der Waals surface area contributed by atoms with Gasteiger partial charge in [0.05, 0.1) is 0 Å². The molecule has 0 radical (unpaired) electrons. The van der Waals surface area contributed by atoms with Crippen molar-refractivity contribution in [2.24, 2.45) is 0 Å². The number of anilines is 1. The number of hydrogen-bond acceptors (Lipinski definition) is 3. The summed E-state index contributed by atoms with van der Waals surface area (Å²) in [7, 11) is 0. The maximum Gasteiger partial charge on any atom is 0.108 e. The molecule has 1 atom stereocenters. The Bertz CT molecular complexity index is 537. The minimum absolute atomic E-state index is 0.563. The summed E-state index contributed by atoms with van der Waals surface area (Å²) in [6.07, 6.45) is 2.51. The number of aliphatic hydroxyl groups excluding tert-OH is 1. The fourth-order valence-electron chi connectivity index (χ4n) is 1.87. The highest BCUT2D eigenvalue weighted by Gasteiger charge is 2.15. The first kappa shape index (κ1) is 11.6. The van der Waals surface area contributed by atoms with Gasteiger partial charge in [0.15, 0.2) is 0 Å². The molecule has 3 nitrogen and oxygen atoms in total. The van der Waals surface area contributed by atoms with Crippen molar-refractivity contribution in [2.75, 3.05) is 5.73 Å². The van der Waals surface area contributed by atoms with E-state index in [1.807, 2.05) is 32.0 Å². The van der Waals surface area contributed by atoms with Gasteiger partial charge < -0.3 is 10.8 Å². The molecular formula is C14H16N2O. The molecule has 0 aliphatic heterocycles. The van der Waals surface area contributed by atoms with Crippen molar-refractivity contribution >= 4 is 5.69 Å². The second-order valence-electron chi connectivity index (χ2n) is 4.27. The number of hydrogen-bond donors (Lipinski definition) is 2. The van der Waals surface area contributed by atoms with E-state index < -0.39 is 6.10 Å². The Morgan fingerprint density at radius 3 is 2.65 bits per heavy atom. The highest BCUT2D eigenvalue weighted by atomic mass is 16.3. The fraction of sp³-hybridized carbons (Fsp3) is 0.214. The smallest absolute Gasteiger partial charge is 0.108 e. The Kier molecular flexibility index (Phi) is 3.11. The molecule has 0 aliphatic carbocycles. The van der Waals surface area contributed by atoms with Gasteiger partial charge in [-0.25, -0.2) is 0 Å². The van der Waals surface area contributed by atoms with Crippen LogP contribution in [0.1, 0.15) is 28.4 Å². The summed E-state index contributed by atoms with van der Waals surface area (Å²) >= 11 is 0. The van der Waals surface area contributed by atoms with Crippen LogP contribution in [0.3, 0.4) is 0 Å². The molecule has 0 saturated carbocycles. The van der Waals surface area contributed by atoms with Crippen molar-refractivity contribution in [3.8, 4) is 0 Å². The van der Waals surface area contributed by atoms with Crippen molar-refractivity contribution in [1.82, 2.24) is 4.98 Å². The molecule has 3 heteroatoms. The zero-order valence-electron chi connectivity index (χ0n) is 10.0. The van der Waals surface area contributed by atoms with Crippen LogP contribution in [0.25, 0.3) is 0 Å². The van der Waals surface area contributed by atoms with E-state index in [0.29, 0.717) is 11.3 Å². The lowest BCUT2D eigenvalue weighted by Gasteiger charge is -2.16. The fourth-order valence-corrected chi connectivity index (χ4v) is 1.87. The lowest BCUT2D eigenvalue weighted by molar-refractivity contribution is 0.220. The van der Waals surface area contributed by atoms with Gasteiger partial charge in [0, 0.05) is 23.6 Å². The molecule has 0 amide bonds. The molecule has 0 saturated heterocycles. The van der Waals surface area contributed by atoms with Crippen molar-refractivity contribution in [3.05, 3.63) is 58.9 Å². The first-order chi connectivity index (χ1) is 8.09. The van der Waals surface area contributed by atoms with E-state index >= 15 is 0 Å². The second-order valence-corrected chi connectivity index (χ2v) is 4.27. The normalized spacial score (nSPS) is 12.4. The first-order valence-corrected chi connectivity index (χ1v) is 5.54. The third-order valence-corrected chi connectivity index (χ3v) is 2.91. The van der Waals surface area contributed by atoms with Crippen molar-refractivity contribution in [3.63, 3.8) is 0 Å². The molecule has 1 aromatic heterocycles. The SMILES string of the molecule is Cc1ccc(C)c(C(O)c2cnccc2N)c1. The summed E-state index contributed by atoms with van der Waals surface area (Å²) in [5.41, 5.74) is 10.1. The standard InChI is InChI=1S/C14H16N2O/c1-9-3-4-10(2)11(7-9)14(17)12-8-16-6-5-13(12)15/h3-8,14,17H,1-2H3,(H2,15,16). The number of aromatic nitrogens is 1. The van der Waals surface area contributed by atoms with Crippen LogP contribution >= 0.6 is 0 Å². The van der Waals surface area contributed by atoms with E-state index in [2.05, 4.69) is 4.98 Å². The number of nitrogens with two attached hydrogens (primary N) is 1. The topological polar surface area (TPSA) is 59.1 Å². The Morgan fingerprint density at radius 1 is 1.18 bits per heavy atom. The molecule has 0 bridgehead atoms. The van der Waals surface area contributed by atoms with E-state index in [1.165, 1.54) is 0 Å². The summed E-state index contributed by atoms with van der Waals surface area (Å²) in [6.45, 7) is 3.98. The van der Waals surface area contributed by atoms with Gasteiger partial charge in [0.2, 0.25) is 0 Å². The van der Waals surface area contributed by atoms with Crippen LogP contribution in [0.4, 0.5) is 5.69 Å². The molecule has 1 heterocycles. The Morgan fingerprint density at radius 2 is 1.94 bits per heavy atom. The van der Waals surface area contributed by atoms with Crippen LogP contribution < -0.4 is 5.73 Å². The molecule has 2 rings (SSSR count). The van der Waals surface area contributed by atoms with Crippen LogP contribution in [0.2, 0.25) is 0 Å². The van der Waals surface area contributed by atoms with E-state index in [1.54, 1.807) is 18.5 Å². The molecule has 1 aromatic carbocycles. The highest BCUT2D eigenvalue weighted by Crippen LogP contribution is 2.28. The predicted molar refractivity (Wildman–Crippen MR) is 68.6 cm³/mol. The van der Waals surface area contributed by atoms with Gasteiger partial charge in [-0.1, -0.05) is 23.8 Å². The van der Waals surface area contributed by atoms with Gasteiger partial charge >= 0.3 is 0 Å². The van der Waals surface area contributed by atoms with E-state index in [9.17, 15) is 5.11 Å². The molecule has 3 N–H and O–H groups in total. The summed E-state index contributed by atoms with van der Waals surface area (Å²) in [4.78, 5) is 4.00. The van der Waals surface area contributed by atoms with Gasteiger partial charge in [-0.15, -0.1) is 0 Å². The van der Waals surface area contributed by atoms with Gasteiger partial charge in [0.25, 0.3) is 0 Å². The predicted octanol–water partition coefficient (Wildman–Crippen LogP) is 2.36. The Labute approximate surface area is 101 Å². The maximum atomic E-state index is 10.4. The third kappa shape index (κ3) is 2.29. The zero-order valence-corrected chi connectivity index (χ0v) is 10.0. The quantitative estimate of drug-likeness (QED) is 0.829. The lowest BCUT2D eigenvalue weighted by atomic mass is 9.96. The monoisotopic (exact) mass is 228 g/mol. The van der Waals surface area contributed by atoms with Crippen LogP contribution in [-0.2, 0) is 0 Å². The Balaban J connectivity index is 2.47. The van der Waals surface area contributed by atoms with Crippen molar-refractivity contribution in [2.45, 2.75) is 20.0 Å². The van der Waals surface area contributed by atoms with Crippen LogP contribution in [0, 0.1) is 13.8 Å². The number of benzene rings is 1. The number of nitrogens with zero attached hydrogens (tertiary/aromatic N) is 1. The summed E-state index contributed by atoms with van der Waals surface area (Å²) in [5.74, 6) is 0. The molecular weight excluding hydrogens is 212 g/mol. The molecule has 17 heavy (non-hydrogen) atoms. The summed E-state index contributed by atoms with van der Waals surface area (Å²) in [5, 5.41) is 10.4. The van der Waals surface area contributed by atoms with Crippen LogP contribution in [-0.4, -0.2) is 10.1 Å². The maximum absolute atomic E-state index is 10.4. The van der Waals surface area contributed by atoms with Gasteiger partial charge in [0.1, 0.15) is 6.10 Å². The first-order valence-electron chi connectivity index (χ1n) is 5.54. The van der Waals surface area contributed by atoms with Crippen LogP contribution in [0.5, 0.6) is 0 Å². The van der Waals surface area contributed by atoms with E-state index in [4.69, 9.17) is 5.73 Å². The summed E-state index contributed by atoms with van der Waals surface area (Å²) < 4.78 is 0. The summed E-state index contributed by atoms with van der Waals surface area (Å²) in [6, 6.07) is 7.70. The number of rotatable bonds is 2. The highest BCUT2D eigenvalue weighted by molar-refractivity contribution is 5.50.